The van der Waals surface area contributed by atoms with Crippen LogP contribution in [0.4, 0.5) is 5.69 Å². The summed E-state index contributed by atoms with van der Waals surface area (Å²) in [6, 6.07) is 8.18. The molecule has 1 atom stereocenters. The maximum Gasteiger partial charge on any atom is 0.347 e. The molecule has 0 amide bonds. The van der Waals surface area contributed by atoms with E-state index in [1.165, 1.54) is 12.1 Å². The van der Waals surface area contributed by atoms with Crippen LogP contribution in [0.5, 0.6) is 0 Å². The molecule has 0 bridgehead atoms. The smallest absolute Gasteiger partial charge is 0.347 e. The number of cyclic esters (lactones) is 1. The molecule has 1 N–H and O–H groups in total. The minimum Gasteiger partial charge on any atom is -0.463 e. The number of carbonyl (C=O) groups is 2. The number of esters is 2. The van der Waals surface area contributed by atoms with Crippen LogP contribution < -0.4 is 4.72 Å². The van der Waals surface area contributed by atoms with Crippen LogP contribution in [0.1, 0.15) is 39.0 Å². The molecule has 0 saturated carbocycles. The Morgan fingerprint density at radius 3 is 2.31 bits per heavy atom. The first-order valence-corrected chi connectivity index (χ1v) is 10.7. The number of benzene rings is 2. The molecular weight excluding hydrogens is 394 g/mol. The lowest BCUT2D eigenvalue weighted by atomic mass is 10.1. The molecule has 2 aromatic rings. The fourth-order valence-corrected chi connectivity index (χ4v) is 5.00. The second-order valence-electron chi connectivity index (χ2n) is 7.21. The standard InChI is InChI=1S/C21H23NO6S/c1-12-9-14(3)19(15(4)10-12)29(25,26)22-17-11-16(6-5-13(17)2)20(23)28-18-7-8-27-21(18)24/h5-6,9-11,18,22H,7-8H2,1-4H3/t18-/m0/s1. The zero-order valence-corrected chi connectivity index (χ0v) is 17.6. The second-order valence-corrected chi connectivity index (χ2v) is 8.83. The average Bonchev–Trinajstić information content (AvgIpc) is 3.00. The first-order chi connectivity index (χ1) is 13.6. The molecule has 0 unspecified atom stereocenters. The Balaban J connectivity index is 1.89. The van der Waals surface area contributed by atoms with Crippen molar-refractivity contribution in [3.05, 3.63) is 58.1 Å². The summed E-state index contributed by atoms with van der Waals surface area (Å²) in [4.78, 5) is 24.1. The van der Waals surface area contributed by atoms with Gasteiger partial charge in [0.15, 0.2) is 0 Å². The van der Waals surface area contributed by atoms with Gasteiger partial charge in [0.1, 0.15) is 0 Å². The van der Waals surface area contributed by atoms with Crippen LogP contribution in [-0.2, 0) is 24.3 Å². The van der Waals surface area contributed by atoms with Crippen LogP contribution in [0.2, 0.25) is 0 Å². The first kappa shape index (κ1) is 20.9. The van der Waals surface area contributed by atoms with E-state index in [2.05, 4.69) is 4.72 Å². The lowest BCUT2D eigenvalue weighted by Crippen LogP contribution is -2.23. The van der Waals surface area contributed by atoms with Gasteiger partial charge in [0.05, 0.1) is 22.8 Å². The maximum absolute atomic E-state index is 13.0. The van der Waals surface area contributed by atoms with Crippen LogP contribution in [0.25, 0.3) is 0 Å². The van der Waals surface area contributed by atoms with E-state index >= 15 is 0 Å². The van der Waals surface area contributed by atoms with Crippen LogP contribution in [0.15, 0.2) is 35.2 Å². The largest absolute Gasteiger partial charge is 0.463 e. The fourth-order valence-electron chi connectivity index (χ4n) is 3.43. The third-order valence-electron chi connectivity index (χ3n) is 4.73. The van der Waals surface area contributed by atoms with E-state index in [0.29, 0.717) is 23.1 Å². The minimum atomic E-state index is -3.86. The zero-order valence-electron chi connectivity index (χ0n) is 16.7. The normalized spacial score (nSPS) is 16.4. The summed E-state index contributed by atoms with van der Waals surface area (Å²) >= 11 is 0. The van der Waals surface area contributed by atoms with Gasteiger partial charge in [-0.05, 0) is 56.5 Å². The Hall–Kier alpha value is -2.87. The minimum absolute atomic E-state index is 0.144. The highest BCUT2D eigenvalue weighted by Gasteiger charge is 2.30. The van der Waals surface area contributed by atoms with Crippen molar-refractivity contribution in [3.8, 4) is 0 Å². The average molecular weight is 417 g/mol. The Morgan fingerprint density at radius 2 is 1.72 bits per heavy atom. The molecule has 0 radical (unpaired) electrons. The van der Waals surface area contributed by atoms with Gasteiger partial charge >= 0.3 is 11.9 Å². The van der Waals surface area contributed by atoms with Crippen molar-refractivity contribution >= 4 is 27.6 Å². The molecule has 1 heterocycles. The van der Waals surface area contributed by atoms with E-state index in [-0.39, 0.29) is 22.8 Å². The van der Waals surface area contributed by atoms with Crippen LogP contribution in [0.3, 0.4) is 0 Å². The topological polar surface area (TPSA) is 98.8 Å². The van der Waals surface area contributed by atoms with Gasteiger partial charge in [-0.3, -0.25) is 4.72 Å². The number of anilines is 1. The molecule has 1 fully saturated rings. The van der Waals surface area contributed by atoms with Gasteiger partial charge < -0.3 is 9.47 Å². The molecule has 7 nitrogen and oxygen atoms in total. The van der Waals surface area contributed by atoms with E-state index in [4.69, 9.17) is 9.47 Å². The number of nitrogens with one attached hydrogen (secondary N) is 1. The van der Waals surface area contributed by atoms with Gasteiger partial charge in [-0.1, -0.05) is 23.8 Å². The van der Waals surface area contributed by atoms with E-state index in [0.717, 1.165) is 5.56 Å². The van der Waals surface area contributed by atoms with Crippen LogP contribution >= 0.6 is 0 Å². The summed E-state index contributed by atoms with van der Waals surface area (Å²) in [6.45, 7) is 7.34. The number of aryl methyl sites for hydroxylation is 4. The number of sulfonamides is 1. The third-order valence-corrected chi connectivity index (χ3v) is 6.40. The summed E-state index contributed by atoms with van der Waals surface area (Å²) in [7, 11) is -3.86. The molecule has 8 heteroatoms. The van der Waals surface area contributed by atoms with Gasteiger partial charge in [-0.15, -0.1) is 0 Å². The van der Waals surface area contributed by atoms with Gasteiger partial charge in [-0.25, -0.2) is 18.0 Å². The van der Waals surface area contributed by atoms with E-state index in [1.807, 2.05) is 19.1 Å². The van der Waals surface area contributed by atoms with Crippen LogP contribution in [0, 0.1) is 27.7 Å². The molecule has 0 spiro atoms. The molecule has 3 rings (SSSR count). The quantitative estimate of drug-likeness (QED) is 0.750. The number of ether oxygens (including phenoxy) is 2. The van der Waals surface area contributed by atoms with Crippen molar-refractivity contribution < 1.29 is 27.5 Å². The SMILES string of the molecule is Cc1cc(C)c(S(=O)(=O)Nc2cc(C(=O)O[C@H]3CCOC3=O)ccc2C)c(C)c1. The molecule has 29 heavy (non-hydrogen) atoms. The highest BCUT2D eigenvalue weighted by Crippen LogP contribution is 2.27. The van der Waals surface area contributed by atoms with Gasteiger partial charge in [-0.2, -0.15) is 0 Å². The molecule has 1 aliphatic rings. The lowest BCUT2D eigenvalue weighted by molar-refractivity contribution is -0.145. The van der Waals surface area contributed by atoms with Gasteiger partial charge in [0.2, 0.25) is 6.10 Å². The molecule has 1 saturated heterocycles. The van der Waals surface area contributed by atoms with E-state index in [9.17, 15) is 18.0 Å². The predicted octanol–water partition coefficient (Wildman–Crippen LogP) is 3.19. The zero-order chi connectivity index (χ0) is 21.3. The second kappa shape index (κ2) is 7.87. The monoisotopic (exact) mass is 417 g/mol. The Morgan fingerprint density at radius 1 is 1.07 bits per heavy atom. The predicted molar refractivity (Wildman–Crippen MR) is 107 cm³/mol. The number of carbonyl (C=O) groups excluding carboxylic acids is 2. The number of hydrogen-bond acceptors (Lipinski definition) is 6. The molecule has 2 aromatic carbocycles. The third kappa shape index (κ3) is 4.42. The van der Waals surface area contributed by atoms with Gasteiger partial charge in [0, 0.05) is 6.42 Å². The van der Waals surface area contributed by atoms with Gasteiger partial charge in [0.25, 0.3) is 10.0 Å². The summed E-state index contributed by atoms with van der Waals surface area (Å²) in [5.41, 5.74) is 3.32. The summed E-state index contributed by atoms with van der Waals surface area (Å²) < 4.78 is 38.6. The van der Waals surface area contributed by atoms with Crippen molar-refractivity contribution in [2.45, 2.75) is 45.1 Å². The van der Waals surface area contributed by atoms with Crippen molar-refractivity contribution in [2.24, 2.45) is 0 Å². The van der Waals surface area contributed by atoms with E-state index in [1.54, 1.807) is 26.8 Å². The Bertz CT molecular complexity index is 1070. The van der Waals surface area contributed by atoms with Crippen molar-refractivity contribution in [1.29, 1.82) is 0 Å². The highest BCUT2D eigenvalue weighted by molar-refractivity contribution is 7.92. The molecule has 0 aromatic heterocycles. The van der Waals surface area contributed by atoms with Crippen molar-refractivity contribution in [2.75, 3.05) is 11.3 Å². The number of hydrogen-bond donors (Lipinski definition) is 1. The maximum atomic E-state index is 13.0. The summed E-state index contributed by atoms with van der Waals surface area (Å²) in [5, 5.41) is 0. The van der Waals surface area contributed by atoms with E-state index < -0.39 is 28.1 Å². The number of rotatable bonds is 5. The summed E-state index contributed by atoms with van der Waals surface area (Å²) in [5.74, 6) is -1.28. The van der Waals surface area contributed by atoms with Crippen LogP contribution in [-0.4, -0.2) is 33.1 Å². The molecule has 1 aliphatic heterocycles. The van der Waals surface area contributed by atoms with Crippen molar-refractivity contribution in [1.82, 2.24) is 0 Å². The summed E-state index contributed by atoms with van der Waals surface area (Å²) in [6.07, 6.45) is -0.621. The molecular formula is C21H23NO6S. The highest BCUT2D eigenvalue weighted by atomic mass is 32.2. The Labute approximate surface area is 170 Å². The molecule has 154 valence electrons. The van der Waals surface area contributed by atoms with Crippen molar-refractivity contribution in [3.63, 3.8) is 0 Å². The molecule has 0 aliphatic carbocycles. The lowest BCUT2D eigenvalue weighted by Gasteiger charge is -2.16. The Kier molecular flexibility index (Phi) is 5.66. The fraction of sp³-hybridized carbons (Fsp3) is 0.333. The first-order valence-electron chi connectivity index (χ1n) is 9.17.